The number of carbonyl (C=O) groups excluding carboxylic acids is 1. The Hall–Kier alpha value is -3.48. The lowest BCUT2D eigenvalue weighted by atomic mass is 9.99. The minimum absolute atomic E-state index is 0.0449. The SMILES string of the molecule is CCN(CC)CCOc1nc2c(c(N3CCN(C=CC=O)CC3)n1)CCN(c1c([C@@H](C)OCC[Si](C)(C)C)ccc3[nH]ncc13)C2. The highest BCUT2D eigenvalue weighted by atomic mass is 28.3. The number of H-pyrrole nitrogens is 1. The van der Waals surface area contributed by atoms with E-state index in [9.17, 15) is 4.79 Å². The Bertz CT molecular complexity index is 1480. The van der Waals surface area contributed by atoms with Gasteiger partial charge in [-0.3, -0.25) is 9.89 Å². The minimum Gasteiger partial charge on any atom is -0.462 e. The van der Waals surface area contributed by atoms with Gasteiger partial charge in [0.1, 0.15) is 18.7 Å². The van der Waals surface area contributed by atoms with Crippen LogP contribution >= 0.6 is 0 Å². The Morgan fingerprint density at radius 1 is 1.04 bits per heavy atom. The molecule has 2 aliphatic heterocycles. The van der Waals surface area contributed by atoms with Crippen molar-refractivity contribution in [3.8, 4) is 6.01 Å². The number of carbonyl (C=O) groups is 1. The van der Waals surface area contributed by atoms with Crippen molar-refractivity contribution in [1.29, 1.82) is 0 Å². The van der Waals surface area contributed by atoms with Crippen molar-refractivity contribution in [2.45, 2.75) is 65.5 Å². The highest BCUT2D eigenvalue weighted by molar-refractivity contribution is 6.76. The van der Waals surface area contributed by atoms with Crippen LogP contribution in [-0.4, -0.2) is 110 Å². The number of rotatable bonds is 15. The standard InChI is InChI=1S/C34H52N8O3Si/c1-7-39(8-2)19-21-45-34-36-31-25-42(14-12-28(31)33(37-34)41-17-15-40(16-18-41)13-9-20-43)32-27(10-11-30-29(32)24-35-38-30)26(3)44-22-23-46(4,5)6/h9-11,13,20,24,26H,7-8,12,14-19,21-23,25H2,1-6H3,(H,35,38)/t26-/m1/s1. The van der Waals surface area contributed by atoms with Crippen molar-refractivity contribution in [2.24, 2.45) is 0 Å². The number of fused-ring (bicyclic) bond motifs is 2. The van der Waals surface area contributed by atoms with Gasteiger partial charge < -0.3 is 29.1 Å². The first-order valence-electron chi connectivity index (χ1n) is 16.9. The van der Waals surface area contributed by atoms with Crippen molar-refractivity contribution >= 4 is 36.8 Å². The molecule has 250 valence electrons. The van der Waals surface area contributed by atoms with Crippen LogP contribution in [-0.2, 0) is 22.5 Å². The van der Waals surface area contributed by atoms with Crippen molar-refractivity contribution < 1.29 is 14.3 Å². The van der Waals surface area contributed by atoms with E-state index in [1.807, 2.05) is 12.4 Å². The van der Waals surface area contributed by atoms with Crippen LogP contribution in [0.2, 0.25) is 25.7 Å². The largest absolute Gasteiger partial charge is 0.462 e. The molecule has 46 heavy (non-hydrogen) atoms. The van der Waals surface area contributed by atoms with Gasteiger partial charge in [-0.2, -0.15) is 15.1 Å². The fourth-order valence-electron chi connectivity index (χ4n) is 6.28. The number of likely N-dealkylation sites (N-methyl/N-ethyl adjacent to an activating group) is 1. The molecule has 2 aromatic heterocycles. The Kier molecular flexibility index (Phi) is 11.3. The van der Waals surface area contributed by atoms with Gasteiger partial charge in [-0.25, -0.2) is 0 Å². The number of hydrogen-bond acceptors (Lipinski definition) is 10. The fraction of sp³-hybridized carbons (Fsp3) is 0.588. The average molecular weight is 649 g/mol. The van der Waals surface area contributed by atoms with Crippen LogP contribution in [0.5, 0.6) is 6.01 Å². The van der Waals surface area contributed by atoms with Gasteiger partial charge in [0.2, 0.25) is 0 Å². The van der Waals surface area contributed by atoms with Gasteiger partial charge in [0.15, 0.2) is 0 Å². The molecule has 1 atom stereocenters. The molecule has 1 saturated heterocycles. The second-order valence-electron chi connectivity index (χ2n) is 13.5. The predicted octanol–water partition coefficient (Wildman–Crippen LogP) is 4.89. The second-order valence-corrected chi connectivity index (χ2v) is 19.1. The lowest BCUT2D eigenvalue weighted by molar-refractivity contribution is -0.104. The predicted molar refractivity (Wildman–Crippen MR) is 188 cm³/mol. The van der Waals surface area contributed by atoms with E-state index in [1.165, 1.54) is 11.1 Å². The molecule has 0 unspecified atom stereocenters. The summed E-state index contributed by atoms with van der Waals surface area (Å²) < 4.78 is 12.7. The van der Waals surface area contributed by atoms with Crippen LogP contribution < -0.4 is 14.5 Å². The number of nitrogens with zero attached hydrogens (tertiary/aromatic N) is 7. The quantitative estimate of drug-likeness (QED) is 0.139. The number of hydrogen-bond donors (Lipinski definition) is 1. The molecular weight excluding hydrogens is 597 g/mol. The Balaban J connectivity index is 1.44. The van der Waals surface area contributed by atoms with Gasteiger partial charge in [0.25, 0.3) is 0 Å². The molecular formula is C34H52N8O3Si. The number of aldehydes is 1. The van der Waals surface area contributed by atoms with Crippen LogP contribution in [0.3, 0.4) is 0 Å². The molecule has 0 aliphatic carbocycles. The summed E-state index contributed by atoms with van der Waals surface area (Å²) >= 11 is 0. The van der Waals surface area contributed by atoms with Crippen LogP contribution in [0.4, 0.5) is 11.5 Å². The summed E-state index contributed by atoms with van der Waals surface area (Å²) in [6.07, 6.45) is 6.99. The van der Waals surface area contributed by atoms with Gasteiger partial charge in [-0.15, -0.1) is 0 Å². The van der Waals surface area contributed by atoms with Crippen molar-refractivity contribution in [2.75, 3.05) is 75.4 Å². The van der Waals surface area contributed by atoms with E-state index < -0.39 is 8.07 Å². The number of aromatic amines is 1. The number of piperazine rings is 1. The zero-order valence-corrected chi connectivity index (χ0v) is 29.6. The molecule has 11 nitrogen and oxygen atoms in total. The number of benzene rings is 1. The highest BCUT2D eigenvalue weighted by Crippen LogP contribution is 2.39. The van der Waals surface area contributed by atoms with Gasteiger partial charge >= 0.3 is 6.01 Å². The molecule has 0 amide bonds. The zero-order valence-electron chi connectivity index (χ0n) is 28.6. The molecule has 1 fully saturated rings. The van der Waals surface area contributed by atoms with E-state index in [4.69, 9.17) is 19.4 Å². The van der Waals surface area contributed by atoms with E-state index >= 15 is 0 Å². The molecule has 1 N–H and O–H groups in total. The maximum atomic E-state index is 10.9. The Labute approximate surface area is 275 Å². The monoisotopic (exact) mass is 648 g/mol. The number of allylic oxidation sites excluding steroid dienone is 1. The normalized spacial score (nSPS) is 16.5. The number of ether oxygens (including phenoxy) is 2. The Morgan fingerprint density at radius 2 is 1.83 bits per heavy atom. The van der Waals surface area contributed by atoms with Crippen LogP contribution in [0, 0.1) is 0 Å². The summed E-state index contributed by atoms with van der Waals surface area (Å²) in [6, 6.07) is 5.88. The van der Waals surface area contributed by atoms with Crippen LogP contribution in [0.1, 0.15) is 43.7 Å². The molecule has 0 saturated carbocycles. The van der Waals surface area contributed by atoms with Gasteiger partial charge in [0.05, 0.1) is 35.7 Å². The summed E-state index contributed by atoms with van der Waals surface area (Å²) in [5.74, 6) is 0.978. The minimum atomic E-state index is -1.20. The van der Waals surface area contributed by atoms with E-state index in [-0.39, 0.29) is 6.10 Å². The summed E-state index contributed by atoms with van der Waals surface area (Å²) in [5.41, 5.74) is 5.57. The molecule has 1 aromatic carbocycles. The first kappa shape index (κ1) is 33.9. The third-order valence-electron chi connectivity index (χ3n) is 9.15. The zero-order chi connectivity index (χ0) is 32.7. The molecule has 0 radical (unpaired) electrons. The Morgan fingerprint density at radius 3 is 2.54 bits per heavy atom. The van der Waals surface area contributed by atoms with Gasteiger partial charge in [0, 0.05) is 76.7 Å². The molecule has 2 aliphatic rings. The summed E-state index contributed by atoms with van der Waals surface area (Å²) in [7, 11) is -1.20. The summed E-state index contributed by atoms with van der Waals surface area (Å²) in [4.78, 5) is 30.2. The topological polar surface area (TPSA) is 103 Å². The summed E-state index contributed by atoms with van der Waals surface area (Å²) in [5, 5.41) is 8.67. The summed E-state index contributed by atoms with van der Waals surface area (Å²) in [6.45, 7) is 22.6. The fourth-order valence-corrected chi connectivity index (χ4v) is 7.01. The maximum Gasteiger partial charge on any atom is 0.318 e. The van der Waals surface area contributed by atoms with E-state index in [1.54, 1.807) is 6.08 Å². The van der Waals surface area contributed by atoms with E-state index in [2.05, 4.69) is 82.3 Å². The van der Waals surface area contributed by atoms with Crippen LogP contribution in [0.15, 0.2) is 30.6 Å². The molecule has 5 rings (SSSR count). The smallest absolute Gasteiger partial charge is 0.318 e. The lowest BCUT2D eigenvalue weighted by Crippen LogP contribution is -2.45. The highest BCUT2D eigenvalue weighted by Gasteiger charge is 2.30. The first-order valence-corrected chi connectivity index (χ1v) is 20.6. The lowest BCUT2D eigenvalue weighted by Gasteiger charge is -2.38. The molecule has 0 spiro atoms. The number of aromatic nitrogens is 4. The maximum absolute atomic E-state index is 10.9. The third-order valence-corrected chi connectivity index (χ3v) is 10.9. The number of anilines is 2. The molecule has 4 heterocycles. The van der Waals surface area contributed by atoms with Gasteiger partial charge in [-0.1, -0.05) is 39.6 Å². The van der Waals surface area contributed by atoms with Crippen molar-refractivity contribution in [3.63, 3.8) is 0 Å². The van der Waals surface area contributed by atoms with Crippen molar-refractivity contribution in [1.82, 2.24) is 30.0 Å². The van der Waals surface area contributed by atoms with Crippen LogP contribution in [0.25, 0.3) is 10.9 Å². The number of nitrogens with one attached hydrogen (secondary N) is 1. The molecule has 3 aromatic rings. The molecule has 12 heteroatoms. The van der Waals surface area contributed by atoms with E-state index in [0.717, 1.165) is 106 Å². The van der Waals surface area contributed by atoms with Crippen molar-refractivity contribution in [3.05, 3.63) is 47.4 Å². The third kappa shape index (κ3) is 8.26. The molecule has 0 bridgehead atoms. The second kappa shape index (κ2) is 15.4. The van der Waals surface area contributed by atoms with E-state index in [0.29, 0.717) is 19.2 Å². The first-order chi connectivity index (χ1) is 22.2. The van der Waals surface area contributed by atoms with Gasteiger partial charge in [-0.05, 0) is 44.6 Å². The average Bonchev–Trinajstić information content (AvgIpc) is 3.53.